The van der Waals surface area contributed by atoms with E-state index in [4.69, 9.17) is 4.74 Å². The van der Waals surface area contributed by atoms with Crippen molar-refractivity contribution in [2.45, 2.75) is 9.79 Å². The summed E-state index contributed by atoms with van der Waals surface area (Å²) in [5, 5.41) is 7.17. The molecule has 0 aliphatic rings. The van der Waals surface area contributed by atoms with Crippen LogP contribution in [-0.4, -0.2) is 49.1 Å². The Balaban J connectivity index is 1.94. The van der Waals surface area contributed by atoms with Gasteiger partial charge in [0.25, 0.3) is 5.91 Å². The second-order valence-corrected chi connectivity index (χ2v) is 8.58. The van der Waals surface area contributed by atoms with Crippen molar-refractivity contribution in [1.29, 1.82) is 0 Å². The first-order valence-electron chi connectivity index (χ1n) is 10.8. The molecule has 0 radical (unpaired) electrons. The van der Waals surface area contributed by atoms with Crippen LogP contribution in [0.4, 0.5) is 21.0 Å². The molecule has 3 N–H and O–H groups in total. The lowest BCUT2D eigenvalue weighted by Crippen LogP contribution is -2.43. The Morgan fingerprint density at radius 3 is 2.00 bits per heavy atom. The summed E-state index contributed by atoms with van der Waals surface area (Å²) in [4.78, 5) is 41.3. The number of alkyl carbamates (subject to hydrolysis) is 2. The molecule has 0 heterocycles. The fraction of sp³-hybridized carbons (Fsp3) is 0.120. The van der Waals surface area contributed by atoms with Crippen LogP contribution >= 0.6 is 0 Å². The molecule has 3 rings (SSSR count). The highest BCUT2D eigenvalue weighted by atomic mass is 32.2. The number of rotatable bonds is 7. The summed E-state index contributed by atoms with van der Waals surface area (Å²) in [6.45, 7) is -0.293. The minimum atomic E-state index is -1.58. The molecule has 1 atom stereocenters. The number of aliphatic imine (C=N–C) groups is 1. The number of carbonyl (C=O) groups is 3. The lowest BCUT2D eigenvalue weighted by molar-refractivity contribution is -0.118. The summed E-state index contributed by atoms with van der Waals surface area (Å²) in [7, 11) is 0.688. The molecule has 1 unspecified atom stereocenters. The molecular weight excluding hydrogens is 500 g/mol. The Kier molecular flexibility index (Phi) is 9.74. The van der Waals surface area contributed by atoms with Gasteiger partial charge in [-0.1, -0.05) is 36.4 Å². The molecule has 0 saturated carbocycles. The molecule has 37 heavy (non-hydrogen) atoms. The van der Waals surface area contributed by atoms with E-state index in [-0.39, 0.29) is 23.9 Å². The van der Waals surface area contributed by atoms with Crippen LogP contribution in [0.3, 0.4) is 0 Å². The molecule has 0 bridgehead atoms. The van der Waals surface area contributed by atoms with Crippen molar-refractivity contribution in [3.8, 4) is 5.75 Å². The fourth-order valence-electron chi connectivity index (χ4n) is 2.86. The molecule has 3 aromatic rings. The maximum atomic E-state index is 13.1. The van der Waals surface area contributed by atoms with Gasteiger partial charge >= 0.3 is 12.2 Å². The van der Waals surface area contributed by atoms with E-state index >= 15 is 0 Å². The molecular formula is C25H24N4O7S. The maximum Gasteiger partial charge on any atom is 0.413 e. The Bertz CT molecular complexity index is 1280. The predicted molar refractivity (Wildman–Crippen MR) is 136 cm³/mol. The number of anilines is 1. The molecule has 0 saturated heterocycles. The third-order valence-electron chi connectivity index (χ3n) is 4.57. The van der Waals surface area contributed by atoms with Crippen LogP contribution in [0.2, 0.25) is 0 Å². The van der Waals surface area contributed by atoms with Crippen molar-refractivity contribution in [2.75, 3.05) is 26.1 Å². The highest BCUT2D eigenvalue weighted by Gasteiger charge is 2.16. The molecule has 192 valence electrons. The summed E-state index contributed by atoms with van der Waals surface area (Å²) in [5.41, 5.74) is 0.281. The van der Waals surface area contributed by atoms with E-state index in [0.717, 1.165) is 14.2 Å². The Labute approximate surface area is 215 Å². The van der Waals surface area contributed by atoms with Gasteiger partial charge in [-0.2, -0.15) is 0 Å². The van der Waals surface area contributed by atoms with Gasteiger partial charge in [0.05, 0.1) is 36.4 Å². The molecule has 11 nitrogen and oxygen atoms in total. The Hall–Kier alpha value is -4.71. The average Bonchev–Trinajstić information content (AvgIpc) is 2.93. The van der Waals surface area contributed by atoms with Crippen LogP contribution < -0.4 is 20.7 Å². The standard InChI is InChI=1S/C25H24N4O7S/c1-34-24(31)28-23(29-25(32)35-2)27-21-15-19(37(33)18-11-7-4-8-12-18)13-14-20(21)26-22(30)16-36-17-9-5-3-6-10-17/h3-15H,16H2,1-2H3,(H,26,30)(H2,27,28,29,31,32). The predicted octanol–water partition coefficient (Wildman–Crippen LogP) is 3.57. The van der Waals surface area contributed by atoms with Crippen molar-refractivity contribution >= 4 is 46.2 Å². The van der Waals surface area contributed by atoms with Crippen molar-refractivity contribution in [1.82, 2.24) is 10.6 Å². The van der Waals surface area contributed by atoms with Gasteiger partial charge < -0.3 is 19.5 Å². The molecule has 0 aliphatic heterocycles. The summed E-state index contributed by atoms with van der Waals surface area (Å²) in [6, 6.07) is 22.0. The van der Waals surface area contributed by atoms with E-state index in [1.807, 2.05) is 6.07 Å². The number of para-hydroxylation sites is 1. The molecule has 0 aliphatic carbocycles. The first kappa shape index (κ1) is 26.9. The Morgan fingerprint density at radius 2 is 1.41 bits per heavy atom. The van der Waals surface area contributed by atoms with Crippen molar-refractivity contribution in [3.63, 3.8) is 0 Å². The lowest BCUT2D eigenvalue weighted by Gasteiger charge is -2.13. The monoisotopic (exact) mass is 524 g/mol. The largest absolute Gasteiger partial charge is 0.484 e. The highest BCUT2D eigenvalue weighted by molar-refractivity contribution is 7.85. The van der Waals surface area contributed by atoms with Gasteiger partial charge in [-0.05, 0) is 42.5 Å². The highest BCUT2D eigenvalue weighted by Crippen LogP contribution is 2.29. The van der Waals surface area contributed by atoms with Crippen molar-refractivity contribution in [2.24, 2.45) is 4.99 Å². The normalized spacial score (nSPS) is 10.9. The van der Waals surface area contributed by atoms with Crippen LogP contribution in [-0.2, 0) is 25.1 Å². The minimum absolute atomic E-state index is 0.0812. The molecule has 0 aromatic heterocycles. The number of nitrogens with one attached hydrogen (secondary N) is 3. The smallest absolute Gasteiger partial charge is 0.413 e. The number of guanidine groups is 1. The first-order chi connectivity index (χ1) is 17.9. The topological polar surface area (TPSA) is 144 Å². The fourth-order valence-corrected chi connectivity index (χ4v) is 3.95. The zero-order chi connectivity index (χ0) is 26.6. The van der Waals surface area contributed by atoms with Gasteiger partial charge in [0.15, 0.2) is 6.61 Å². The van der Waals surface area contributed by atoms with E-state index < -0.39 is 28.9 Å². The SMILES string of the molecule is COC(=O)NC(=Nc1cc(S(=O)c2ccccc2)ccc1NC(=O)COc1ccccc1)NC(=O)OC. The first-order valence-corrected chi connectivity index (χ1v) is 11.9. The molecule has 12 heteroatoms. The summed E-state index contributed by atoms with van der Waals surface area (Å²) >= 11 is 0. The quantitative estimate of drug-likeness (QED) is 0.317. The number of nitrogens with zero attached hydrogens (tertiary/aromatic N) is 1. The third-order valence-corrected chi connectivity index (χ3v) is 5.95. The second kappa shape index (κ2) is 13.4. The third kappa shape index (κ3) is 8.18. The number of amides is 3. The zero-order valence-electron chi connectivity index (χ0n) is 19.9. The second-order valence-electron chi connectivity index (χ2n) is 7.10. The van der Waals surface area contributed by atoms with Crippen LogP contribution in [0.15, 0.2) is 93.6 Å². The van der Waals surface area contributed by atoms with Gasteiger partial charge in [-0.25, -0.2) is 18.8 Å². The Morgan fingerprint density at radius 1 is 0.811 bits per heavy atom. The lowest BCUT2D eigenvalue weighted by atomic mass is 10.2. The summed E-state index contributed by atoms with van der Waals surface area (Å²) in [5.74, 6) is -0.339. The van der Waals surface area contributed by atoms with Crippen LogP contribution in [0.25, 0.3) is 0 Å². The zero-order valence-corrected chi connectivity index (χ0v) is 20.7. The molecule has 0 fully saturated rings. The van der Waals surface area contributed by atoms with Gasteiger partial charge in [0, 0.05) is 9.79 Å². The van der Waals surface area contributed by atoms with Crippen LogP contribution in [0.1, 0.15) is 0 Å². The minimum Gasteiger partial charge on any atom is -0.484 e. The van der Waals surface area contributed by atoms with Gasteiger partial charge in [0.2, 0.25) is 5.96 Å². The number of hydrogen-bond acceptors (Lipinski definition) is 8. The van der Waals surface area contributed by atoms with E-state index in [2.05, 4.69) is 30.4 Å². The van der Waals surface area contributed by atoms with Crippen LogP contribution in [0.5, 0.6) is 5.75 Å². The van der Waals surface area contributed by atoms with E-state index in [0.29, 0.717) is 15.5 Å². The summed E-state index contributed by atoms with van der Waals surface area (Å²) < 4.78 is 27.7. The van der Waals surface area contributed by atoms with Gasteiger partial charge in [-0.15, -0.1) is 0 Å². The maximum absolute atomic E-state index is 13.1. The molecule has 0 spiro atoms. The number of carbonyl (C=O) groups excluding carboxylic acids is 3. The van der Waals surface area contributed by atoms with Gasteiger partial charge in [0.1, 0.15) is 5.75 Å². The number of ether oxygens (including phenoxy) is 3. The van der Waals surface area contributed by atoms with E-state index in [1.165, 1.54) is 12.1 Å². The van der Waals surface area contributed by atoms with E-state index in [1.54, 1.807) is 60.7 Å². The van der Waals surface area contributed by atoms with Gasteiger partial charge in [-0.3, -0.25) is 15.4 Å². The average molecular weight is 525 g/mol. The molecule has 3 aromatic carbocycles. The van der Waals surface area contributed by atoms with Crippen molar-refractivity contribution < 1.29 is 32.8 Å². The summed E-state index contributed by atoms with van der Waals surface area (Å²) in [6.07, 6.45) is -1.83. The number of benzene rings is 3. The van der Waals surface area contributed by atoms with E-state index in [9.17, 15) is 18.6 Å². The molecule has 3 amide bonds. The van der Waals surface area contributed by atoms with Crippen LogP contribution in [0, 0.1) is 0 Å². The number of methoxy groups -OCH3 is 2. The number of hydrogen-bond donors (Lipinski definition) is 3. The van der Waals surface area contributed by atoms with Crippen molar-refractivity contribution in [3.05, 3.63) is 78.9 Å².